The Labute approximate surface area is 281 Å². The van der Waals surface area contributed by atoms with Crippen molar-refractivity contribution in [3.63, 3.8) is 0 Å². The van der Waals surface area contributed by atoms with Gasteiger partial charge in [-0.05, 0) is 66.1 Å². The van der Waals surface area contributed by atoms with Crippen LogP contribution in [-0.2, 0) is 21.9 Å². The maximum Gasteiger partial charge on any atom is 0.301 e. The Hall–Kier alpha value is -3.96. The van der Waals surface area contributed by atoms with Gasteiger partial charge in [-0.25, -0.2) is 0 Å². The van der Waals surface area contributed by atoms with Crippen LogP contribution in [0.4, 0.5) is 5.13 Å². The summed E-state index contributed by atoms with van der Waals surface area (Å²) in [5.74, 6) is -0.722. The molecule has 7 nitrogen and oxygen atoms in total. The number of hydrogen-bond donors (Lipinski definition) is 1. The summed E-state index contributed by atoms with van der Waals surface area (Å²) in [5, 5.41) is 21.0. The average molecular weight is 719 g/mol. The van der Waals surface area contributed by atoms with Gasteiger partial charge in [0, 0.05) is 20.8 Å². The monoisotopic (exact) mass is 717 g/mol. The molecule has 4 aromatic carbocycles. The highest BCUT2D eigenvalue weighted by Crippen LogP contribution is 2.44. The maximum absolute atomic E-state index is 13.6. The second kappa shape index (κ2) is 13.6. The van der Waals surface area contributed by atoms with Crippen molar-refractivity contribution in [2.24, 2.45) is 0 Å². The summed E-state index contributed by atoms with van der Waals surface area (Å²) in [6.45, 7) is 2.42. The van der Waals surface area contributed by atoms with Gasteiger partial charge in [0.25, 0.3) is 5.78 Å². The molecule has 1 aliphatic heterocycles. The lowest BCUT2D eigenvalue weighted by atomic mass is 9.95. The number of aliphatic hydroxyl groups excluding tert-OH is 1. The number of anilines is 1. The third-order valence-corrected chi connectivity index (χ3v) is 10.1. The molecule has 0 saturated carbocycles. The van der Waals surface area contributed by atoms with Crippen molar-refractivity contribution in [1.29, 1.82) is 0 Å². The first kappa shape index (κ1) is 31.0. The summed E-state index contributed by atoms with van der Waals surface area (Å²) in [4.78, 5) is 28.4. The van der Waals surface area contributed by atoms with Gasteiger partial charge < -0.3 is 9.84 Å². The van der Waals surface area contributed by atoms with Crippen molar-refractivity contribution in [2.45, 2.75) is 29.7 Å². The predicted molar refractivity (Wildman–Crippen MR) is 182 cm³/mol. The third-order valence-electron chi connectivity index (χ3n) is 7.14. The number of nitrogens with zero attached hydrogens (tertiary/aromatic N) is 3. The van der Waals surface area contributed by atoms with Crippen LogP contribution in [0, 0.1) is 6.92 Å². The van der Waals surface area contributed by atoms with E-state index in [4.69, 9.17) is 16.3 Å². The molecule has 1 aromatic heterocycles. The predicted octanol–water partition coefficient (Wildman–Crippen LogP) is 8.76. The van der Waals surface area contributed by atoms with Gasteiger partial charge in [0.1, 0.15) is 18.1 Å². The van der Waals surface area contributed by atoms with Gasteiger partial charge in [0.15, 0.2) is 4.34 Å². The van der Waals surface area contributed by atoms with Crippen LogP contribution < -0.4 is 9.64 Å². The van der Waals surface area contributed by atoms with E-state index in [1.165, 1.54) is 28.0 Å². The first-order chi connectivity index (χ1) is 21.8. The van der Waals surface area contributed by atoms with Gasteiger partial charge >= 0.3 is 5.91 Å². The maximum atomic E-state index is 13.6. The Bertz CT molecular complexity index is 1930. The molecular formula is C34H25BrClN3O4S2. The van der Waals surface area contributed by atoms with E-state index >= 15 is 0 Å². The third kappa shape index (κ3) is 6.84. The number of aromatic nitrogens is 2. The number of halogens is 2. The van der Waals surface area contributed by atoms with E-state index in [0.717, 1.165) is 21.2 Å². The van der Waals surface area contributed by atoms with Crippen LogP contribution >= 0.6 is 50.6 Å². The number of amides is 1. The number of hydrogen-bond acceptors (Lipinski definition) is 8. The van der Waals surface area contributed by atoms with Crippen molar-refractivity contribution in [3.05, 3.63) is 140 Å². The van der Waals surface area contributed by atoms with E-state index in [-0.39, 0.29) is 16.5 Å². The number of benzene rings is 4. The number of aryl methyl sites for hydroxylation is 1. The number of carbonyl (C=O) groups excluding carboxylic acids is 2. The molecule has 1 amide bonds. The molecular weight excluding hydrogens is 694 g/mol. The van der Waals surface area contributed by atoms with Crippen molar-refractivity contribution in [1.82, 2.24) is 10.2 Å². The number of ketones is 1. The lowest BCUT2D eigenvalue weighted by molar-refractivity contribution is -0.132. The van der Waals surface area contributed by atoms with Crippen LogP contribution in [0.25, 0.3) is 5.76 Å². The number of Topliss-reactive ketones (excluding diaryl/α,β-unsaturated/α-hetero) is 1. The van der Waals surface area contributed by atoms with Crippen LogP contribution in [0.2, 0.25) is 5.02 Å². The number of ether oxygens (including phenoxy) is 1. The molecule has 226 valence electrons. The van der Waals surface area contributed by atoms with E-state index < -0.39 is 17.7 Å². The number of carbonyl (C=O) groups is 2. The second-order valence-electron chi connectivity index (χ2n) is 10.3. The van der Waals surface area contributed by atoms with E-state index in [2.05, 4.69) is 32.2 Å². The Balaban J connectivity index is 1.30. The van der Waals surface area contributed by atoms with Crippen LogP contribution in [0.5, 0.6) is 5.75 Å². The smallest absolute Gasteiger partial charge is 0.301 e. The Morgan fingerprint density at radius 3 is 2.53 bits per heavy atom. The summed E-state index contributed by atoms with van der Waals surface area (Å²) in [6, 6.07) is 28.7. The Morgan fingerprint density at radius 2 is 1.78 bits per heavy atom. The fourth-order valence-corrected chi connectivity index (χ4v) is 7.54. The molecule has 11 heteroatoms. The van der Waals surface area contributed by atoms with E-state index in [9.17, 15) is 14.7 Å². The molecule has 0 bridgehead atoms. The van der Waals surface area contributed by atoms with Crippen molar-refractivity contribution in [2.75, 3.05) is 4.90 Å². The summed E-state index contributed by atoms with van der Waals surface area (Å²) in [7, 11) is 0. The molecule has 1 N–H and O–H groups in total. The molecule has 6 rings (SSSR count). The lowest BCUT2D eigenvalue weighted by Gasteiger charge is -2.22. The minimum atomic E-state index is -0.922. The van der Waals surface area contributed by atoms with Crippen LogP contribution in [-0.4, -0.2) is 27.0 Å². The number of thioether (sulfide) groups is 1. The molecule has 0 aliphatic carbocycles. The first-order valence-electron chi connectivity index (χ1n) is 13.8. The fraction of sp³-hybridized carbons (Fsp3) is 0.118. The molecule has 45 heavy (non-hydrogen) atoms. The number of aliphatic hydroxyl groups is 1. The Morgan fingerprint density at radius 1 is 1.00 bits per heavy atom. The van der Waals surface area contributed by atoms with Crippen LogP contribution in [0.3, 0.4) is 0 Å². The molecule has 5 aromatic rings. The highest BCUT2D eigenvalue weighted by atomic mass is 79.9. The molecule has 1 unspecified atom stereocenters. The second-order valence-corrected chi connectivity index (χ2v) is 13.8. The van der Waals surface area contributed by atoms with Crippen molar-refractivity contribution >= 4 is 73.2 Å². The summed E-state index contributed by atoms with van der Waals surface area (Å²) in [6.07, 6.45) is 0. The van der Waals surface area contributed by atoms with Gasteiger partial charge in [-0.3, -0.25) is 14.5 Å². The molecule has 1 fully saturated rings. The normalized spacial score (nSPS) is 15.9. The largest absolute Gasteiger partial charge is 0.507 e. The van der Waals surface area contributed by atoms with Crippen LogP contribution in [0.15, 0.2) is 111 Å². The quantitative estimate of drug-likeness (QED) is 0.0536. The zero-order chi connectivity index (χ0) is 31.5. The van der Waals surface area contributed by atoms with Gasteiger partial charge in [-0.1, -0.05) is 111 Å². The van der Waals surface area contributed by atoms with Gasteiger partial charge in [-0.2, -0.15) is 0 Å². The summed E-state index contributed by atoms with van der Waals surface area (Å²) < 4.78 is 7.30. The van der Waals surface area contributed by atoms with Gasteiger partial charge in [0.2, 0.25) is 5.13 Å². The van der Waals surface area contributed by atoms with Gasteiger partial charge in [0.05, 0.1) is 11.6 Å². The highest BCUT2D eigenvalue weighted by molar-refractivity contribution is 9.10. The zero-order valence-electron chi connectivity index (χ0n) is 23.8. The fourth-order valence-electron chi connectivity index (χ4n) is 4.97. The standard InChI is InChI=1S/C34H25BrClN3O4S2/c1-20-6-4-7-21(16-20)18-43-26-14-12-22(13-15-26)30(40)28-29(23-9-5-10-25(35)17-23)39(32(42)31(28)41)33-37-38-34(45-33)44-19-24-8-2-3-11-27(24)36/h2-17,29,40H,18-19H2,1H3/b30-28+. The Kier molecular flexibility index (Phi) is 9.37. The van der Waals surface area contributed by atoms with Crippen molar-refractivity contribution in [3.8, 4) is 5.75 Å². The molecule has 2 heterocycles. The summed E-state index contributed by atoms with van der Waals surface area (Å²) in [5.41, 5.74) is 4.11. The molecule has 0 spiro atoms. The minimum Gasteiger partial charge on any atom is -0.507 e. The molecule has 1 saturated heterocycles. The van der Waals surface area contributed by atoms with E-state index in [0.29, 0.717) is 38.6 Å². The zero-order valence-corrected chi connectivity index (χ0v) is 27.8. The lowest BCUT2D eigenvalue weighted by Crippen LogP contribution is -2.29. The first-order valence-corrected chi connectivity index (χ1v) is 16.8. The van der Waals surface area contributed by atoms with E-state index in [1.807, 2.05) is 67.6 Å². The van der Waals surface area contributed by atoms with E-state index in [1.54, 1.807) is 30.3 Å². The molecule has 1 aliphatic rings. The van der Waals surface area contributed by atoms with Gasteiger partial charge in [-0.15, -0.1) is 10.2 Å². The molecule has 0 radical (unpaired) electrons. The number of rotatable bonds is 9. The topological polar surface area (TPSA) is 92.6 Å². The summed E-state index contributed by atoms with van der Waals surface area (Å²) >= 11 is 12.4. The SMILES string of the molecule is Cc1cccc(COc2ccc(/C(O)=C3\C(=O)C(=O)N(c4nnc(SCc5ccccc5Cl)s4)C3c3cccc(Br)c3)cc2)c1. The highest BCUT2D eigenvalue weighted by Gasteiger charge is 2.48. The minimum absolute atomic E-state index is 0.0352. The van der Waals surface area contributed by atoms with Crippen LogP contribution in [0.1, 0.15) is 33.9 Å². The van der Waals surface area contributed by atoms with Crippen molar-refractivity contribution < 1.29 is 19.4 Å². The average Bonchev–Trinajstić information content (AvgIpc) is 3.61. The molecule has 1 atom stereocenters.